The predicted octanol–water partition coefficient (Wildman–Crippen LogP) is -5.55. The standard InChI is InChI=1S/C38H61N9O18/c1-16(2)13-23(37(63)47-12-6-7-25(47)35(61)46-24(15-48)38(64)65)45-33(59)20(8-10-26(50)51)42-31(57)18(4)40-30(56)17(3)41-34(60)22(14-28(54)55)44-32(58)21(9-11-27(52)53)43-36(62)29(39)19(5)49/h16-25,29,48-49H,6-15,39H2,1-5H3,(H,40,56)(H,41,60)(H,42,57)(H,43,62)(H,44,58)(H,45,59)(H,46,61)(H,50,51)(H,52,53)(H,54,55)(H,64,65)/t17-,18-,19+,20-,21-,22-,23-,24-,25-,29-/m0/s1. The van der Waals surface area contributed by atoms with Crippen molar-refractivity contribution in [2.24, 2.45) is 11.7 Å². The van der Waals surface area contributed by atoms with E-state index in [4.69, 9.17) is 10.8 Å². The van der Waals surface area contributed by atoms with E-state index in [9.17, 15) is 83.1 Å². The molecule has 0 unspecified atom stereocenters. The zero-order valence-electron chi connectivity index (χ0n) is 36.5. The number of amides is 8. The summed E-state index contributed by atoms with van der Waals surface area (Å²) in [5.41, 5.74) is 5.57. The van der Waals surface area contributed by atoms with Gasteiger partial charge in [-0.1, -0.05) is 13.8 Å². The number of hydrogen-bond donors (Lipinski definition) is 14. The van der Waals surface area contributed by atoms with Crippen molar-refractivity contribution in [3.8, 4) is 0 Å². The van der Waals surface area contributed by atoms with Gasteiger partial charge in [0.25, 0.3) is 0 Å². The molecule has 10 atom stereocenters. The van der Waals surface area contributed by atoms with Crippen LogP contribution in [0.15, 0.2) is 0 Å². The van der Waals surface area contributed by atoms with E-state index in [0.29, 0.717) is 6.42 Å². The molecule has 366 valence electrons. The van der Waals surface area contributed by atoms with Gasteiger partial charge in [-0.2, -0.15) is 0 Å². The molecule has 1 aliphatic rings. The molecule has 1 saturated heterocycles. The predicted molar refractivity (Wildman–Crippen MR) is 219 cm³/mol. The van der Waals surface area contributed by atoms with E-state index in [1.165, 1.54) is 6.92 Å². The van der Waals surface area contributed by atoms with Crippen molar-refractivity contribution < 1.29 is 88.2 Å². The van der Waals surface area contributed by atoms with Crippen LogP contribution in [0.2, 0.25) is 0 Å². The number of carbonyl (C=O) groups excluding carboxylic acids is 8. The molecule has 0 aromatic heterocycles. The van der Waals surface area contributed by atoms with E-state index in [2.05, 4.69) is 37.2 Å². The van der Waals surface area contributed by atoms with Gasteiger partial charge in [0.1, 0.15) is 54.4 Å². The minimum absolute atomic E-state index is 0.0109. The number of aliphatic hydroxyl groups is 2. The lowest BCUT2D eigenvalue weighted by atomic mass is 10.0. The molecule has 0 spiro atoms. The van der Waals surface area contributed by atoms with Gasteiger partial charge in [0, 0.05) is 19.4 Å². The number of nitrogens with zero attached hydrogens (tertiary/aromatic N) is 1. The Hall–Kier alpha value is -6.48. The molecule has 27 heteroatoms. The van der Waals surface area contributed by atoms with Gasteiger partial charge < -0.3 is 78.5 Å². The molecule has 27 nitrogen and oxygen atoms in total. The number of rotatable bonds is 28. The van der Waals surface area contributed by atoms with Gasteiger partial charge in [-0.05, 0) is 58.8 Å². The maximum Gasteiger partial charge on any atom is 0.328 e. The number of hydrogen-bond acceptors (Lipinski definition) is 15. The first-order valence-corrected chi connectivity index (χ1v) is 20.6. The van der Waals surface area contributed by atoms with Crippen LogP contribution in [-0.4, -0.2) is 180 Å². The summed E-state index contributed by atoms with van der Waals surface area (Å²) in [6.07, 6.45) is -4.32. The summed E-state index contributed by atoms with van der Waals surface area (Å²) in [7, 11) is 0. The van der Waals surface area contributed by atoms with E-state index in [0.717, 1.165) is 18.7 Å². The SMILES string of the molecule is CC(C)C[C@H](NC(=O)[C@H](CCC(=O)O)NC(=O)[C@H](C)NC(=O)[C@H](C)NC(=O)[C@H](CC(=O)O)NC(=O)[C@H](CCC(=O)O)NC(=O)[C@@H](N)[C@@H](C)O)C(=O)N1CCC[C@H]1C(=O)N[C@@H](CO)C(=O)O. The smallest absolute Gasteiger partial charge is 0.328 e. The fraction of sp³-hybridized carbons (Fsp3) is 0.684. The van der Waals surface area contributed by atoms with Crippen molar-refractivity contribution in [1.29, 1.82) is 0 Å². The Morgan fingerprint density at radius 2 is 1.03 bits per heavy atom. The third kappa shape index (κ3) is 19.4. The zero-order chi connectivity index (χ0) is 49.9. The van der Waals surface area contributed by atoms with Gasteiger partial charge in [0.2, 0.25) is 47.3 Å². The fourth-order valence-electron chi connectivity index (χ4n) is 6.22. The third-order valence-electron chi connectivity index (χ3n) is 9.86. The maximum atomic E-state index is 13.8. The minimum Gasteiger partial charge on any atom is -0.481 e. The van der Waals surface area contributed by atoms with Crippen molar-refractivity contribution in [3.05, 3.63) is 0 Å². The molecule has 15 N–H and O–H groups in total. The Balaban J connectivity index is 3.15. The van der Waals surface area contributed by atoms with Crippen molar-refractivity contribution >= 4 is 71.1 Å². The van der Waals surface area contributed by atoms with E-state index in [-0.39, 0.29) is 25.3 Å². The average Bonchev–Trinajstić information content (AvgIpc) is 3.71. The first kappa shape index (κ1) is 56.5. The Labute approximate surface area is 372 Å². The van der Waals surface area contributed by atoms with Crippen LogP contribution in [0.3, 0.4) is 0 Å². The highest BCUT2D eigenvalue weighted by Crippen LogP contribution is 2.21. The second kappa shape index (κ2) is 27.0. The van der Waals surface area contributed by atoms with Crippen LogP contribution < -0.4 is 43.0 Å². The van der Waals surface area contributed by atoms with Crippen molar-refractivity contribution in [3.63, 3.8) is 0 Å². The molecule has 0 saturated carbocycles. The van der Waals surface area contributed by atoms with Crippen LogP contribution in [0.25, 0.3) is 0 Å². The molecule has 0 aromatic carbocycles. The third-order valence-corrected chi connectivity index (χ3v) is 9.86. The first-order valence-electron chi connectivity index (χ1n) is 20.6. The maximum absolute atomic E-state index is 13.8. The summed E-state index contributed by atoms with van der Waals surface area (Å²) in [6.45, 7) is 6.03. The van der Waals surface area contributed by atoms with Gasteiger partial charge in [-0.25, -0.2) is 4.79 Å². The monoisotopic (exact) mass is 931 g/mol. The molecule has 1 fully saturated rings. The van der Waals surface area contributed by atoms with Gasteiger partial charge in [-0.3, -0.25) is 52.7 Å². The number of aliphatic hydroxyl groups excluding tert-OH is 2. The summed E-state index contributed by atoms with van der Waals surface area (Å²) >= 11 is 0. The lowest BCUT2D eigenvalue weighted by Crippen LogP contribution is -2.60. The van der Waals surface area contributed by atoms with E-state index in [1.54, 1.807) is 13.8 Å². The largest absolute Gasteiger partial charge is 0.481 e. The number of nitrogens with one attached hydrogen (secondary N) is 7. The number of likely N-dealkylation sites (tertiary alicyclic amines) is 1. The lowest BCUT2D eigenvalue weighted by molar-refractivity contribution is -0.146. The highest BCUT2D eigenvalue weighted by molar-refractivity contribution is 5.99. The van der Waals surface area contributed by atoms with Crippen LogP contribution >= 0.6 is 0 Å². The molecular weight excluding hydrogens is 870 g/mol. The van der Waals surface area contributed by atoms with E-state index in [1.807, 2.05) is 0 Å². The summed E-state index contributed by atoms with van der Waals surface area (Å²) in [6, 6.07) is -13.9. The Morgan fingerprint density at radius 1 is 0.585 bits per heavy atom. The molecule has 0 aliphatic carbocycles. The topological polar surface area (TPSA) is 440 Å². The minimum atomic E-state index is -1.91. The van der Waals surface area contributed by atoms with Crippen LogP contribution in [0, 0.1) is 5.92 Å². The second-order valence-corrected chi connectivity index (χ2v) is 15.8. The molecule has 0 bridgehead atoms. The van der Waals surface area contributed by atoms with Gasteiger partial charge >= 0.3 is 23.9 Å². The molecule has 8 amide bonds. The van der Waals surface area contributed by atoms with Crippen LogP contribution in [0.5, 0.6) is 0 Å². The Morgan fingerprint density at radius 3 is 1.48 bits per heavy atom. The Bertz CT molecular complexity index is 1780. The molecule has 1 aliphatic heterocycles. The first-order chi connectivity index (χ1) is 30.2. The number of carboxylic acids is 4. The van der Waals surface area contributed by atoms with E-state index >= 15 is 0 Å². The van der Waals surface area contributed by atoms with Crippen LogP contribution in [0.4, 0.5) is 0 Å². The van der Waals surface area contributed by atoms with Crippen molar-refractivity contribution in [2.45, 2.75) is 146 Å². The average molecular weight is 932 g/mol. The normalized spacial score (nSPS) is 17.6. The summed E-state index contributed by atoms with van der Waals surface area (Å²) in [5.74, 6) is -14.3. The molecular formula is C38H61N9O18. The molecule has 1 heterocycles. The summed E-state index contributed by atoms with van der Waals surface area (Å²) < 4.78 is 0. The van der Waals surface area contributed by atoms with Crippen molar-refractivity contribution in [2.75, 3.05) is 13.2 Å². The number of carboxylic acid groups (broad SMARTS) is 4. The molecule has 0 radical (unpaired) electrons. The zero-order valence-corrected chi connectivity index (χ0v) is 36.5. The number of carbonyl (C=O) groups is 12. The summed E-state index contributed by atoms with van der Waals surface area (Å²) in [5, 5.41) is 71.7. The lowest BCUT2D eigenvalue weighted by Gasteiger charge is -2.31. The van der Waals surface area contributed by atoms with Crippen LogP contribution in [0.1, 0.15) is 86.0 Å². The van der Waals surface area contributed by atoms with Crippen LogP contribution in [-0.2, 0) is 57.5 Å². The van der Waals surface area contributed by atoms with E-state index < -0.39 is 170 Å². The highest BCUT2D eigenvalue weighted by atomic mass is 16.4. The quantitative estimate of drug-likeness (QED) is 0.0348. The Kier molecular flexibility index (Phi) is 23.5. The number of aliphatic carboxylic acids is 4. The second-order valence-electron chi connectivity index (χ2n) is 15.8. The molecule has 0 aromatic rings. The van der Waals surface area contributed by atoms with Gasteiger partial charge in [-0.15, -0.1) is 0 Å². The fourth-order valence-corrected chi connectivity index (χ4v) is 6.22. The highest BCUT2D eigenvalue weighted by Gasteiger charge is 2.40. The van der Waals surface area contributed by atoms with Crippen molar-refractivity contribution in [1.82, 2.24) is 42.1 Å². The van der Waals surface area contributed by atoms with Gasteiger partial charge in [0.05, 0.1) is 19.1 Å². The molecule has 65 heavy (non-hydrogen) atoms. The molecule has 1 rings (SSSR count). The summed E-state index contributed by atoms with van der Waals surface area (Å²) in [4.78, 5) is 152. The number of nitrogens with two attached hydrogens (primary N) is 1. The van der Waals surface area contributed by atoms with Gasteiger partial charge in [0.15, 0.2) is 0 Å².